The van der Waals surface area contributed by atoms with Gasteiger partial charge in [-0.15, -0.1) is 12.4 Å². The number of carbonyl (C=O) groups is 1. The summed E-state index contributed by atoms with van der Waals surface area (Å²) in [5, 5.41) is 3.27. The highest BCUT2D eigenvalue weighted by Gasteiger charge is 2.19. The van der Waals surface area contributed by atoms with Gasteiger partial charge in [0.25, 0.3) is 0 Å². The van der Waals surface area contributed by atoms with Crippen molar-refractivity contribution in [3.8, 4) is 0 Å². The second-order valence-electron chi connectivity index (χ2n) is 4.39. The molecule has 1 aromatic rings. The third kappa shape index (κ3) is 4.15. The Balaban J connectivity index is 0.00000144. The van der Waals surface area contributed by atoms with E-state index in [0.717, 1.165) is 25.7 Å². The normalized spacial score (nSPS) is 24.1. The predicted octanol–water partition coefficient (Wildman–Crippen LogP) is 1.74. The highest BCUT2D eigenvalue weighted by atomic mass is 35.5. The van der Waals surface area contributed by atoms with Crippen molar-refractivity contribution < 1.29 is 9.21 Å². The number of furan rings is 1. The molecular formula is C12H19ClN2O2. The minimum Gasteiger partial charge on any atom is -0.461 e. The Morgan fingerprint density at radius 3 is 2.71 bits per heavy atom. The van der Waals surface area contributed by atoms with E-state index in [2.05, 4.69) is 5.32 Å². The van der Waals surface area contributed by atoms with Crippen molar-refractivity contribution in [2.45, 2.75) is 37.8 Å². The molecule has 1 saturated carbocycles. The molecule has 17 heavy (non-hydrogen) atoms. The van der Waals surface area contributed by atoms with Crippen LogP contribution in [0.5, 0.6) is 0 Å². The van der Waals surface area contributed by atoms with Crippen LogP contribution in [-0.4, -0.2) is 24.4 Å². The highest BCUT2D eigenvalue weighted by Crippen LogP contribution is 2.16. The maximum Gasteiger partial charge on any atom is 0.211 e. The molecule has 1 aromatic heterocycles. The number of carbonyl (C=O) groups excluding carboxylic acids is 1. The summed E-state index contributed by atoms with van der Waals surface area (Å²) in [7, 11) is 0. The van der Waals surface area contributed by atoms with Crippen LogP contribution >= 0.6 is 12.4 Å². The molecule has 0 atom stereocenters. The Hall–Kier alpha value is -0.840. The molecule has 0 bridgehead atoms. The Morgan fingerprint density at radius 2 is 2.12 bits per heavy atom. The van der Waals surface area contributed by atoms with Crippen LogP contribution in [0.1, 0.15) is 36.2 Å². The van der Waals surface area contributed by atoms with Crippen LogP contribution in [0.4, 0.5) is 0 Å². The molecule has 0 saturated heterocycles. The average molecular weight is 259 g/mol. The van der Waals surface area contributed by atoms with Crippen molar-refractivity contribution in [2.75, 3.05) is 6.54 Å². The fourth-order valence-electron chi connectivity index (χ4n) is 2.08. The lowest BCUT2D eigenvalue weighted by Crippen LogP contribution is -2.39. The van der Waals surface area contributed by atoms with E-state index in [-0.39, 0.29) is 18.2 Å². The molecule has 5 heteroatoms. The van der Waals surface area contributed by atoms with E-state index in [1.54, 1.807) is 12.1 Å². The molecular weight excluding hydrogens is 240 g/mol. The van der Waals surface area contributed by atoms with Gasteiger partial charge in [0.05, 0.1) is 12.8 Å². The van der Waals surface area contributed by atoms with E-state index in [9.17, 15) is 4.79 Å². The Labute approximate surface area is 107 Å². The van der Waals surface area contributed by atoms with Crippen LogP contribution in [0.25, 0.3) is 0 Å². The van der Waals surface area contributed by atoms with Crippen molar-refractivity contribution in [1.82, 2.24) is 5.32 Å². The predicted molar refractivity (Wildman–Crippen MR) is 68.5 cm³/mol. The first-order valence-corrected chi connectivity index (χ1v) is 5.81. The van der Waals surface area contributed by atoms with Gasteiger partial charge in [-0.05, 0) is 37.8 Å². The molecule has 96 valence electrons. The lowest BCUT2D eigenvalue weighted by Gasteiger charge is -2.26. The van der Waals surface area contributed by atoms with E-state index in [1.165, 1.54) is 6.26 Å². The molecule has 1 aliphatic carbocycles. The number of nitrogens with two attached hydrogens (primary N) is 1. The summed E-state index contributed by atoms with van der Waals surface area (Å²) in [5.74, 6) is 0.444. The van der Waals surface area contributed by atoms with Gasteiger partial charge in [0.2, 0.25) is 5.78 Å². The summed E-state index contributed by atoms with van der Waals surface area (Å²) in [4.78, 5) is 11.6. The molecule has 0 spiro atoms. The first kappa shape index (κ1) is 14.2. The Kier molecular flexibility index (Phi) is 5.68. The molecule has 3 N–H and O–H groups in total. The Morgan fingerprint density at radius 1 is 1.41 bits per heavy atom. The van der Waals surface area contributed by atoms with Gasteiger partial charge in [-0.1, -0.05) is 0 Å². The van der Waals surface area contributed by atoms with Crippen molar-refractivity contribution in [1.29, 1.82) is 0 Å². The number of hydrogen-bond acceptors (Lipinski definition) is 4. The average Bonchev–Trinajstić information content (AvgIpc) is 2.81. The largest absolute Gasteiger partial charge is 0.461 e. The van der Waals surface area contributed by atoms with Crippen LogP contribution in [0, 0.1) is 0 Å². The van der Waals surface area contributed by atoms with Gasteiger partial charge in [-0.25, -0.2) is 0 Å². The van der Waals surface area contributed by atoms with Crippen LogP contribution in [0.15, 0.2) is 22.8 Å². The number of Topliss-reactive ketones (excluding diaryl/α,β-unsaturated/α-hetero) is 1. The molecule has 1 fully saturated rings. The van der Waals surface area contributed by atoms with E-state index in [4.69, 9.17) is 10.2 Å². The first-order valence-electron chi connectivity index (χ1n) is 5.81. The lowest BCUT2D eigenvalue weighted by molar-refractivity contribution is 0.0958. The number of halogens is 1. The molecule has 0 unspecified atom stereocenters. The Bertz CT molecular complexity index is 332. The smallest absolute Gasteiger partial charge is 0.211 e. The third-order valence-electron chi connectivity index (χ3n) is 3.12. The molecule has 0 aromatic carbocycles. The van der Waals surface area contributed by atoms with Gasteiger partial charge in [0.1, 0.15) is 0 Å². The fourth-order valence-corrected chi connectivity index (χ4v) is 2.08. The van der Waals surface area contributed by atoms with Crippen LogP contribution in [-0.2, 0) is 0 Å². The summed E-state index contributed by atoms with van der Waals surface area (Å²) < 4.78 is 5.04. The topological polar surface area (TPSA) is 68.3 Å². The molecule has 4 nitrogen and oxygen atoms in total. The van der Waals surface area contributed by atoms with Crippen molar-refractivity contribution in [3.63, 3.8) is 0 Å². The maximum absolute atomic E-state index is 11.6. The minimum atomic E-state index is 0. The summed E-state index contributed by atoms with van der Waals surface area (Å²) in [6, 6.07) is 4.20. The van der Waals surface area contributed by atoms with Gasteiger partial charge >= 0.3 is 0 Å². The van der Waals surface area contributed by atoms with Gasteiger partial charge in [0, 0.05) is 12.1 Å². The number of hydrogen-bond donors (Lipinski definition) is 2. The zero-order valence-corrected chi connectivity index (χ0v) is 10.5. The molecule has 2 rings (SSSR count). The third-order valence-corrected chi connectivity index (χ3v) is 3.12. The fraction of sp³-hybridized carbons (Fsp3) is 0.583. The summed E-state index contributed by atoms with van der Waals surface area (Å²) in [5.41, 5.74) is 5.82. The first-order chi connectivity index (χ1) is 7.75. The maximum atomic E-state index is 11.6. The van der Waals surface area contributed by atoms with Crippen LogP contribution < -0.4 is 11.1 Å². The zero-order chi connectivity index (χ0) is 11.4. The molecule has 0 amide bonds. The standard InChI is InChI=1S/C12H18N2O2.ClH/c13-9-3-5-10(6-4-9)14-8-11(15)12-2-1-7-16-12;/h1-2,7,9-10,14H,3-6,8,13H2;1H. The van der Waals surface area contributed by atoms with Crippen molar-refractivity contribution in [3.05, 3.63) is 24.2 Å². The van der Waals surface area contributed by atoms with Crippen LogP contribution in [0.3, 0.4) is 0 Å². The van der Waals surface area contributed by atoms with E-state index < -0.39 is 0 Å². The van der Waals surface area contributed by atoms with E-state index >= 15 is 0 Å². The van der Waals surface area contributed by atoms with Crippen molar-refractivity contribution >= 4 is 18.2 Å². The molecule has 1 heterocycles. The quantitative estimate of drug-likeness (QED) is 0.808. The number of nitrogens with one attached hydrogen (secondary N) is 1. The van der Waals surface area contributed by atoms with Gasteiger partial charge in [0.15, 0.2) is 5.76 Å². The molecule has 1 aliphatic rings. The van der Waals surface area contributed by atoms with Gasteiger partial charge < -0.3 is 15.5 Å². The summed E-state index contributed by atoms with van der Waals surface area (Å²) in [6.07, 6.45) is 5.74. The van der Waals surface area contributed by atoms with E-state index in [0.29, 0.717) is 24.4 Å². The molecule has 0 aliphatic heterocycles. The SMILES string of the molecule is Cl.NC1CCC(NCC(=O)c2ccco2)CC1. The summed E-state index contributed by atoms with van der Waals surface area (Å²) in [6.45, 7) is 0.355. The minimum absolute atomic E-state index is 0. The highest BCUT2D eigenvalue weighted by molar-refractivity contribution is 5.94. The van der Waals surface area contributed by atoms with E-state index in [1.807, 2.05) is 0 Å². The molecule has 0 radical (unpaired) electrons. The number of ketones is 1. The van der Waals surface area contributed by atoms with Crippen LogP contribution in [0.2, 0.25) is 0 Å². The van der Waals surface area contributed by atoms with Gasteiger partial charge in [-0.2, -0.15) is 0 Å². The second-order valence-corrected chi connectivity index (χ2v) is 4.39. The number of rotatable bonds is 4. The second kappa shape index (κ2) is 6.79. The van der Waals surface area contributed by atoms with Gasteiger partial charge in [-0.3, -0.25) is 4.79 Å². The zero-order valence-electron chi connectivity index (χ0n) is 9.72. The lowest BCUT2D eigenvalue weighted by atomic mass is 9.92. The summed E-state index contributed by atoms with van der Waals surface area (Å²) >= 11 is 0. The van der Waals surface area contributed by atoms with Crippen molar-refractivity contribution in [2.24, 2.45) is 5.73 Å². The monoisotopic (exact) mass is 258 g/mol.